The van der Waals surface area contributed by atoms with Crippen molar-refractivity contribution in [1.82, 2.24) is 10.2 Å². The average molecular weight is 228 g/mol. The molecule has 0 aliphatic carbocycles. The van der Waals surface area contributed by atoms with Crippen LogP contribution >= 0.6 is 0 Å². The van der Waals surface area contributed by atoms with Crippen LogP contribution < -0.4 is 5.32 Å². The fourth-order valence-corrected chi connectivity index (χ4v) is 2.61. The lowest BCUT2D eigenvalue weighted by Gasteiger charge is -2.35. The number of aliphatic carboxylic acids is 1. The quantitative estimate of drug-likeness (QED) is 0.716. The molecule has 0 radical (unpaired) electrons. The van der Waals surface area contributed by atoms with Crippen molar-refractivity contribution >= 4 is 5.97 Å². The van der Waals surface area contributed by atoms with Crippen molar-refractivity contribution in [3.05, 3.63) is 0 Å². The van der Waals surface area contributed by atoms with Crippen LogP contribution in [0.2, 0.25) is 0 Å². The molecule has 0 aromatic heterocycles. The normalized spacial score (nSPS) is 20.9. The van der Waals surface area contributed by atoms with Gasteiger partial charge in [-0.15, -0.1) is 0 Å². The molecule has 4 nitrogen and oxygen atoms in total. The predicted molar refractivity (Wildman–Crippen MR) is 64.6 cm³/mol. The van der Waals surface area contributed by atoms with Crippen LogP contribution in [-0.4, -0.2) is 48.2 Å². The third-order valence-corrected chi connectivity index (χ3v) is 3.47. The van der Waals surface area contributed by atoms with Crippen LogP contribution in [0.15, 0.2) is 0 Å². The lowest BCUT2D eigenvalue weighted by atomic mass is 9.88. The first-order valence-corrected chi connectivity index (χ1v) is 6.34. The monoisotopic (exact) mass is 228 g/mol. The zero-order valence-electron chi connectivity index (χ0n) is 10.4. The second kappa shape index (κ2) is 6.86. The molecular formula is C12H24N2O2. The number of carboxylic acid groups (broad SMARTS) is 1. The molecule has 1 unspecified atom stereocenters. The second-order valence-electron chi connectivity index (χ2n) is 4.58. The zero-order valence-corrected chi connectivity index (χ0v) is 10.4. The molecule has 0 amide bonds. The summed E-state index contributed by atoms with van der Waals surface area (Å²) in [6.45, 7) is 7.44. The van der Waals surface area contributed by atoms with Crippen LogP contribution in [0.3, 0.4) is 0 Å². The van der Waals surface area contributed by atoms with Crippen molar-refractivity contribution in [2.24, 2.45) is 5.92 Å². The van der Waals surface area contributed by atoms with Gasteiger partial charge in [-0.25, -0.2) is 0 Å². The Morgan fingerprint density at radius 2 is 2.06 bits per heavy atom. The van der Waals surface area contributed by atoms with E-state index in [0.29, 0.717) is 6.04 Å². The molecule has 4 heteroatoms. The van der Waals surface area contributed by atoms with Gasteiger partial charge in [0.05, 0.1) is 6.54 Å². The lowest BCUT2D eigenvalue weighted by Crippen LogP contribution is -2.44. The summed E-state index contributed by atoms with van der Waals surface area (Å²) in [5.74, 6) is 0.00664. The molecule has 1 aliphatic rings. The topological polar surface area (TPSA) is 52.6 Å². The average Bonchev–Trinajstić information content (AvgIpc) is 2.26. The first-order chi connectivity index (χ1) is 7.67. The van der Waals surface area contributed by atoms with Crippen LogP contribution in [0.4, 0.5) is 0 Å². The summed E-state index contributed by atoms with van der Waals surface area (Å²) in [6.07, 6.45) is 3.41. The molecular weight excluding hydrogens is 204 g/mol. The van der Waals surface area contributed by atoms with E-state index in [0.717, 1.165) is 44.8 Å². The SMILES string of the molecule is CCNC(CC)C1CCN(CC(=O)O)CC1. The molecule has 1 saturated heterocycles. The van der Waals surface area contributed by atoms with Crippen molar-refractivity contribution in [3.63, 3.8) is 0 Å². The number of hydrogen-bond donors (Lipinski definition) is 2. The van der Waals surface area contributed by atoms with Crippen molar-refractivity contribution in [2.45, 2.75) is 39.2 Å². The number of carbonyl (C=O) groups is 1. The first kappa shape index (κ1) is 13.5. The van der Waals surface area contributed by atoms with Gasteiger partial charge in [0.15, 0.2) is 0 Å². The minimum atomic E-state index is -0.711. The predicted octanol–water partition coefficient (Wildman–Crippen LogP) is 1.17. The standard InChI is InChI=1S/C12H24N2O2/c1-3-11(13-4-2)10-5-7-14(8-6-10)9-12(15)16/h10-11,13H,3-9H2,1-2H3,(H,15,16). The Bertz CT molecular complexity index is 213. The van der Waals surface area contributed by atoms with E-state index in [4.69, 9.17) is 5.11 Å². The van der Waals surface area contributed by atoms with Crippen molar-refractivity contribution < 1.29 is 9.90 Å². The largest absolute Gasteiger partial charge is 0.480 e. The molecule has 1 aliphatic heterocycles. The van der Waals surface area contributed by atoms with Gasteiger partial charge in [0.2, 0.25) is 0 Å². The minimum absolute atomic E-state index is 0.199. The van der Waals surface area contributed by atoms with E-state index in [-0.39, 0.29) is 6.54 Å². The van der Waals surface area contributed by atoms with Crippen molar-refractivity contribution in [1.29, 1.82) is 0 Å². The maximum absolute atomic E-state index is 10.6. The van der Waals surface area contributed by atoms with E-state index in [1.54, 1.807) is 0 Å². The van der Waals surface area contributed by atoms with E-state index in [2.05, 4.69) is 19.2 Å². The lowest BCUT2D eigenvalue weighted by molar-refractivity contribution is -0.138. The molecule has 1 atom stereocenters. The molecule has 1 fully saturated rings. The van der Waals surface area contributed by atoms with Gasteiger partial charge in [0, 0.05) is 6.04 Å². The van der Waals surface area contributed by atoms with Gasteiger partial charge in [-0.3, -0.25) is 9.69 Å². The minimum Gasteiger partial charge on any atom is -0.480 e. The number of likely N-dealkylation sites (tertiary alicyclic amines) is 1. The van der Waals surface area contributed by atoms with Gasteiger partial charge < -0.3 is 10.4 Å². The molecule has 16 heavy (non-hydrogen) atoms. The summed E-state index contributed by atoms with van der Waals surface area (Å²) in [4.78, 5) is 12.6. The van der Waals surface area contributed by atoms with Crippen LogP contribution in [0.5, 0.6) is 0 Å². The number of nitrogens with zero attached hydrogens (tertiary/aromatic N) is 1. The Hall–Kier alpha value is -0.610. The molecule has 0 saturated carbocycles. The van der Waals surface area contributed by atoms with E-state index >= 15 is 0 Å². The van der Waals surface area contributed by atoms with Gasteiger partial charge >= 0.3 is 5.97 Å². The molecule has 2 N–H and O–H groups in total. The molecule has 94 valence electrons. The highest BCUT2D eigenvalue weighted by molar-refractivity contribution is 5.69. The van der Waals surface area contributed by atoms with E-state index < -0.39 is 5.97 Å². The maximum atomic E-state index is 10.6. The van der Waals surface area contributed by atoms with E-state index in [1.165, 1.54) is 0 Å². The molecule has 0 spiro atoms. The number of piperidine rings is 1. The van der Waals surface area contributed by atoms with Gasteiger partial charge in [0.25, 0.3) is 0 Å². The van der Waals surface area contributed by atoms with Crippen LogP contribution in [0, 0.1) is 5.92 Å². The Morgan fingerprint density at radius 3 is 2.50 bits per heavy atom. The summed E-state index contributed by atoms with van der Waals surface area (Å²) in [7, 11) is 0. The smallest absolute Gasteiger partial charge is 0.317 e. The van der Waals surface area contributed by atoms with Gasteiger partial charge in [0.1, 0.15) is 0 Å². The number of rotatable bonds is 6. The van der Waals surface area contributed by atoms with Gasteiger partial charge in [-0.2, -0.15) is 0 Å². The van der Waals surface area contributed by atoms with Crippen molar-refractivity contribution in [2.75, 3.05) is 26.2 Å². The van der Waals surface area contributed by atoms with Gasteiger partial charge in [-0.1, -0.05) is 13.8 Å². The first-order valence-electron chi connectivity index (χ1n) is 6.34. The maximum Gasteiger partial charge on any atom is 0.317 e. The summed E-state index contributed by atoms with van der Waals surface area (Å²) >= 11 is 0. The molecule has 0 bridgehead atoms. The fraction of sp³-hybridized carbons (Fsp3) is 0.917. The third kappa shape index (κ3) is 4.10. The number of hydrogen-bond acceptors (Lipinski definition) is 3. The Labute approximate surface area is 98.0 Å². The zero-order chi connectivity index (χ0) is 12.0. The van der Waals surface area contributed by atoms with Gasteiger partial charge in [-0.05, 0) is 44.8 Å². The Balaban J connectivity index is 2.32. The molecule has 1 rings (SSSR count). The Morgan fingerprint density at radius 1 is 1.44 bits per heavy atom. The fourth-order valence-electron chi connectivity index (χ4n) is 2.61. The van der Waals surface area contributed by atoms with Crippen LogP contribution in [0.1, 0.15) is 33.1 Å². The number of nitrogens with one attached hydrogen (secondary N) is 1. The number of carboxylic acids is 1. The third-order valence-electron chi connectivity index (χ3n) is 3.47. The molecule has 0 aromatic rings. The van der Waals surface area contributed by atoms with Crippen LogP contribution in [-0.2, 0) is 4.79 Å². The summed E-state index contributed by atoms with van der Waals surface area (Å²) in [6, 6.07) is 0.608. The summed E-state index contributed by atoms with van der Waals surface area (Å²) in [5, 5.41) is 12.2. The second-order valence-corrected chi connectivity index (χ2v) is 4.58. The van der Waals surface area contributed by atoms with E-state index in [1.807, 2.05) is 4.90 Å². The molecule has 0 aromatic carbocycles. The highest BCUT2D eigenvalue weighted by Crippen LogP contribution is 2.22. The van der Waals surface area contributed by atoms with Crippen molar-refractivity contribution in [3.8, 4) is 0 Å². The summed E-state index contributed by atoms with van der Waals surface area (Å²) < 4.78 is 0. The van der Waals surface area contributed by atoms with E-state index in [9.17, 15) is 4.79 Å². The molecule has 1 heterocycles. The highest BCUT2D eigenvalue weighted by Gasteiger charge is 2.25. The van der Waals surface area contributed by atoms with Crippen LogP contribution in [0.25, 0.3) is 0 Å². The Kier molecular flexibility index (Phi) is 5.77. The highest BCUT2D eigenvalue weighted by atomic mass is 16.4. The summed E-state index contributed by atoms with van der Waals surface area (Å²) in [5.41, 5.74) is 0.